The normalized spacial score (nSPS) is 10.7. The van der Waals surface area contributed by atoms with Gasteiger partial charge in [-0.15, -0.1) is 0 Å². The number of benzene rings is 1. The van der Waals surface area contributed by atoms with Gasteiger partial charge >= 0.3 is 5.97 Å². The molecule has 0 spiro atoms. The number of aromatic amines is 1. The van der Waals surface area contributed by atoms with Gasteiger partial charge in [-0.05, 0) is 28.1 Å². The number of hydrogen-bond donors (Lipinski definition) is 2. The first-order valence-corrected chi connectivity index (χ1v) is 5.56. The highest BCUT2D eigenvalue weighted by Crippen LogP contribution is 2.32. The number of halogens is 2. The van der Waals surface area contributed by atoms with Crippen LogP contribution in [-0.2, 0) is 4.74 Å². The Hall–Kier alpha value is -1.20. The molecule has 1 aromatic carbocycles. The van der Waals surface area contributed by atoms with Gasteiger partial charge in [0, 0.05) is 15.4 Å². The average Bonchev–Trinajstić information content (AvgIpc) is 2.54. The second kappa shape index (κ2) is 3.99. The molecule has 0 aliphatic rings. The third-order valence-corrected chi connectivity index (χ3v) is 3.46. The first kappa shape index (κ1) is 11.3. The van der Waals surface area contributed by atoms with Gasteiger partial charge < -0.3 is 15.5 Å². The number of nitrogens with one attached hydrogen (secondary N) is 1. The Bertz CT molecular complexity index is 580. The summed E-state index contributed by atoms with van der Waals surface area (Å²) in [5.74, 6) is -0.210. The van der Waals surface area contributed by atoms with Crippen LogP contribution in [0.25, 0.3) is 10.9 Å². The molecule has 0 bridgehead atoms. The van der Waals surface area contributed by atoms with Gasteiger partial charge in [0.1, 0.15) is 11.4 Å². The molecule has 6 heteroatoms. The molecule has 0 saturated heterocycles. The minimum Gasteiger partial charge on any atom is -0.465 e. The van der Waals surface area contributed by atoms with Crippen molar-refractivity contribution in [1.82, 2.24) is 4.98 Å². The number of rotatable bonds is 1. The first-order valence-electron chi connectivity index (χ1n) is 4.39. The van der Waals surface area contributed by atoms with Gasteiger partial charge in [-0.2, -0.15) is 0 Å². The number of H-pyrrole nitrogens is 1. The van der Waals surface area contributed by atoms with Crippen LogP contribution in [0.5, 0.6) is 0 Å². The molecule has 0 radical (unpaired) electrons. The molecule has 0 saturated carbocycles. The molecule has 0 aliphatic carbocycles. The molecule has 0 fully saturated rings. The summed E-state index contributed by atoms with van der Waals surface area (Å²) >= 11 is 9.26. The van der Waals surface area contributed by atoms with Gasteiger partial charge in [0.25, 0.3) is 0 Å². The standard InChI is InChI=1S/C10H8BrClN2O2/c1-16-10(15)8-4-2-6(12)5(11)3-7(4)14-9(8)13/h2-3,14H,13H2,1H3. The van der Waals surface area contributed by atoms with Crippen LogP contribution in [0.3, 0.4) is 0 Å². The van der Waals surface area contributed by atoms with Gasteiger partial charge in [0.05, 0.1) is 12.1 Å². The molecule has 0 unspecified atom stereocenters. The zero-order valence-corrected chi connectivity index (χ0v) is 10.6. The summed E-state index contributed by atoms with van der Waals surface area (Å²) in [5.41, 5.74) is 6.76. The zero-order valence-electron chi connectivity index (χ0n) is 8.30. The van der Waals surface area contributed by atoms with Gasteiger partial charge in [-0.3, -0.25) is 0 Å². The van der Waals surface area contributed by atoms with E-state index in [0.717, 1.165) is 9.99 Å². The Morgan fingerprint density at radius 2 is 2.25 bits per heavy atom. The number of carbonyl (C=O) groups is 1. The van der Waals surface area contributed by atoms with Crippen LogP contribution in [0.2, 0.25) is 5.02 Å². The molecule has 3 N–H and O–H groups in total. The number of aromatic nitrogens is 1. The van der Waals surface area contributed by atoms with Crippen molar-refractivity contribution in [2.24, 2.45) is 0 Å². The van der Waals surface area contributed by atoms with E-state index < -0.39 is 5.97 Å². The summed E-state index contributed by atoms with van der Waals surface area (Å²) in [5, 5.41) is 1.16. The zero-order chi connectivity index (χ0) is 11.9. The van der Waals surface area contributed by atoms with E-state index in [1.165, 1.54) is 7.11 Å². The Kier molecular flexibility index (Phi) is 2.82. The lowest BCUT2D eigenvalue weighted by Crippen LogP contribution is -2.03. The number of esters is 1. The number of carbonyl (C=O) groups excluding carboxylic acids is 1. The summed E-state index contributed by atoms with van der Waals surface area (Å²) in [6.45, 7) is 0. The maximum absolute atomic E-state index is 11.5. The lowest BCUT2D eigenvalue weighted by Gasteiger charge is -1.99. The van der Waals surface area contributed by atoms with Gasteiger partial charge in [-0.25, -0.2) is 4.79 Å². The molecule has 1 aromatic heterocycles. The fraction of sp³-hybridized carbons (Fsp3) is 0.100. The van der Waals surface area contributed by atoms with E-state index in [9.17, 15) is 4.79 Å². The van der Waals surface area contributed by atoms with Crippen LogP contribution < -0.4 is 5.73 Å². The molecule has 2 aromatic rings. The molecule has 0 atom stereocenters. The van der Waals surface area contributed by atoms with Crippen LogP contribution in [0.1, 0.15) is 10.4 Å². The number of methoxy groups -OCH3 is 1. The highest BCUT2D eigenvalue weighted by molar-refractivity contribution is 9.10. The highest BCUT2D eigenvalue weighted by atomic mass is 79.9. The van der Waals surface area contributed by atoms with Crippen molar-refractivity contribution in [2.45, 2.75) is 0 Å². The molecule has 1 heterocycles. The second-order valence-electron chi connectivity index (χ2n) is 3.22. The van der Waals surface area contributed by atoms with Crippen LogP contribution in [0.15, 0.2) is 16.6 Å². The van der Waals surface area contributed by atoms with Crippen molar-refractivity contribution in [1.29, 1.82) is 0 Å². The topological polar surface area (TPSA) is 68.1 Å². The number of fused-ring (bicyclic) bond motifs is 1. The highest BCUT2D eigenvalue weighted by Gasteiger charge is 2.18. The number of ether oxygens (including phenoxy) is 1. The third-order valence-electron chi connectivity index (χ3n) is 2.26. The van der Waals surface area contributed by atoms with Crippen LogP contribution in [0, 0.1) is 0 Å². The SMILES string of the molecule is COC(=O)c1c(N)[nH]c2cc(Br)c(Cl)cc12. The molecule has 0 aliphatic heterocycles. The smallest absolute Gasteiger partial charge is 0.342 e. The minimum atomic E-state index is -0.484. The predicted octanol–water partition coefficient (Wildman–Crippen LogP) is 2.95. The molecular weight excluding hydrogens is 295 g/mol. The first-order chi connectivity index (χ1) is 7.54. The van der Waals surface area contributed by atoms with E-state index >= 15 is 0 Å². The maximum Gasteiger partial charge on any atom is 0.342 e. The van der Waals surface area contributed by atoms with Crippen LogP contribution in [0.4, 0.5) is 5.82 Å². The summed E-state index contributed by atoms with van der Waals surface area (Å²) < 4.78 is 5.40. The predicted molar refractivity (Wildman–Crippen MR) is 66.8 cm³/mol. The van der Waals surface area contributed by atoms with Gasteiger partial charge in [0.2, 0.25) is 0 Å². The number of anilines is 1. The van der Waals surface area contributed by atoms with Gasteiger partial charge in [-0.1, -0.05) is 11.6 Å². The molecule has 4 nitrogen and oxygen atoms in total. The minimum absolute atomic E-state index is 0.274. The molecule has 84 valence electrons. The lowest BCUT2D eigenvalue weighted by atomic mass is 10.1. The van der Waals surface area contributed by atoms with E-state index in [2.05, 4.69) is 25.7 Å². The Balaban J connectivity index is 2.79. The summed E-state index contributed by atoms with van der Waals surface area (Å²) in [7, 11) is 1.31. The van der Waals surface area contributed by atoms with Crippen molar-refractivity contribution >= 4 is 50.2 Å². The summed E-state index contributed by atoms with van der Waals surface area (Å²) in [6, 6.07) is 3.43. The van der Waals surface area contributed by atoms with E-state index in [4.69, 9.17) is 17.3 Å². The second-order valence-corrected chi connectivity index (χ2v) is 4.48. The van der Waals surface area contributed by atoms with Crippen molar-refractivity contribution in [2.75, 3.05) is 12.8 Å². The Morgan fingerprint density at radius 3 is 2.88 bits per heavy atom. The monoisotopic (exact) mass is 302 g/mol. The van der Waals surface area contributed by atoms with Crippen molar-refractivity contribution in [3.8, 4) is 0 Å². The molecular formula is C10H8BrClN2O2. The average molecular weight is 304 g/mol. The lowest BCUT2D eigenvalue weighted by molar-refractivity contribution is 0.0604. The van der Waals surface area contributed by atoms with E-state index in [0.29, 0.717) is 16.0 Å². The van der Waals surface area contributed by atoms with Crippen LogP contribution >= 0.6 is 27.5 Å². The Morgan fingerprint density at radius 1 is 1.56 bits per heavy atom. The quantitative estimate of drug-likeness (QED) is 0.796. The van der Waals surface area contributed by atoms with E-state index in [-0.39, 0.29) is 5.82 Å². The van der Waals surface area contributed by atoms with Crippen molar-refractivity contribution < 1.29 is 9.53 Å². The third kappa shape index (κ3) is 1.66. The molecule has 2 rings (SSSR count). The molecule has 16 heavy (non-hydrogen) atoms. The number of nitrogens with two attached hydrogens (primary N) is 1. The van der Waals surface area contributed by atoms with Crippen molar-refractivity contribution in [3.63, 3.8) is 0 Å². The summed E-state index contributed by atoms with van der Waals surface area (Å²) in [4.78, 5) is 14.4. The number of nitrogen functional groups attached to an aromatic ring is 1. The fourth-order valence-electron chi connectivity index (χ4n) is 1.53. The fourth-order valence-corrected chi connectivity index (χ4v) is 2.04. The summed E-state index contributed by atoms with van der Waals surface area (Å²) in [6.07, 6.45) is 0. The largest absolute Gasteiger partial charge is 0.465 e. The maximum atomic E-state index is 11.5. The van der Waals surface area contributed by atoms with Crippen LogP contribution in [-0.4, -0.2) is 18.1 Å². The van der Waals surface area contributed by atoms with E-state index in [1.54, 1.807) is 12.1 Å². The van der Waals surface area contributed by atoms with E-state index in [1.807, 2.05) is 0 Å². The Labute approximate surface area is 105 Å². The number of hydrogen-bond acceptors (Lipinski definition) is 3. The van der Waals surface area contributed by atoms with Gasteiger partial charge in [0.15, 0.2) is 0 Å². The van der Waals surface area contributed by atoms with Crippen molar-refractivity contribution in [3.05, 3.63) is 27.2 Å². The molecule has 0 amide bonds.